The van der Waals surface area contributed by atoms with Gasteiger partial charge in [0.1, 0.15) is 0 Å². The first-order valence-electron chi connectivity index (χ1n) is 3.61. The van der Waals surface area contributed by atoms with Crippen molar-refractivity contribution < 1.29 is 0 Å². The number of rotatable bonds is 2. The van der Waals surface area contributed by atoms with Gasteiger partial charge in [-0.2, -0.15) is 0 Å². The summed E-state index contributed by atoms with van der Waals surface area (Å²) in [4.78, 5) is 0. The van der Waals surface area contributed by atoms with Gasteiger partial charge in [0, 0.05) is 0 Å². The van der Waals surface area contributed by atoms with Gasteiger partial charge in [-0.15, -0.1) is 6.58 Å². The first kappa shape index (κ1) is 12.5. The fraction of sp³-hybridized carbons (Fsp3) is 0.111. The van der Waals surface area contributed by atoms with Crippen LogP contribution in [0.2, 0.25) is 25.1 Å². The van der Waals surface area contributed by atoms with Gasteiger partial charge in [0.15, 0.2) is 0 Å². The molecule has 0 bridgehead atoms. The predicted octanol–water partition coefficient (Wildman–Crippen LogP) is 5.68. The molecule has 0 aliphatic rings. The maximum Gasteiger partial charge on any atom is 0.0809 e. The average molecular weight is 290 g/mol. The molecular weight excluding hydrogens is 285 g/mol. The average Bonchev–Trinajstić information content (AvgIpc) is 2.19. The lowest BCUT2D eigenvalue weighted by Crippen LogP contribution is -1.89. The van der Waals surface area contributed by atoms with Gasteiger partial charge in [0.25, 0.3) is 0 Å². The largest absolute Gasteiger partial charge is 0.103 e. The molecule has 0 nitrogen and oxygen atoms in total. The van der Waals surface area contributed by atoms with E-state index in [0.717, 1.165) is 0 Å². The smallest absolute Gasteiger partial charge is 0.0809 e. The van der Waals surface area contributed by atoms with E-state index in [4.69, 9.17) is 58.0 Å². The fourth-order valence-corrected chi connectivity index (χ4v) is 2.31. The van der Waals surface area contributed by atoms with Gasteiger partial charge in [-0.05, 0) is 12.0 Å². The van der Waals surface area contributed by atoms with Crippen LogP contribution in [-0.2, 0) is 6.42 Å². The molecule has 0 unspecified atom stereocenters. The highest BCUT2D eigenvalue weighted by Gasteiger charge is 2.17. The Morgan fingerprint density at radius 2 is 1.14 bits per heavy atom. The van der Waals surface area contributed by atoms with Gasteiger partial charge in [0.05, 0.1) is 25.1 Å². The van der Waals surface area contributed by atoms with Crippen molar-refractivity contribution in [2.24, 2.45) is 0 Å². The number of hydrogen-bond donors (Lipinski definition) is 0. The summed E-state index contributed by atoms with van der Waals surface area (Å²) < 4.78 is 0. The zero-order valence-corrected chi connectivity index (χ0v) is 10.7. The van der Waals surface area contributed by atoms with Crippen LogP contribution in [0.5, 0.6) is 0 Å². The van der Waals surface area contributed by atoms with Gasteiger partial charge in [0.2, 0.25) is 0 Å². The third kappa shape index (κ3) is 2.15. The van der Waals surface area contributed by atoms with Gasteiger partial charge < -0.3 is 0 Å². The van der Waals surface area contributed by atoms with E-state index >= 15 is 0 Å². The van der Waals surface area contributed by atoms with Crippen molar-refractivity contribution >= 4 is 58.0 Å². The molecule has 14 heavy (non-hydrogen) atoms. The number of halogens is 5. The standard InChI is InChI=1S/C9H5Cl5/c1-2-3-4-5(10)7(12)9(14)8(13)6(4)11/h2H,1,3H2. The zero-order chi connectivity index (χ0) is 10.9. The van der Waals surface area contributed by atoms with Crippen LogP contribution in [-0.4, -0.2) is 0 Å². The van der Waals surface area contributed by atoms with Gasteiger partial charge in [-0.25, -0.2) is 0 Å². The molecule has 0 saturated carbocycles. The molecule has 5 heteroatoms. The van der Waals surface area contributed by atoms with Gasteiger partial charge >= 0.3 is 0 Å². The summed E-state index contributed by atoms with van der Waals surface area (Å²) in [5, 5.41) is 1.27. The minimum atomic E-state index is 0.177. The van der Waals surface area contributed by atoms with E-state index in [2.05, 4.69) is 6.58 Å². The first-order chi connectivity index (χ1) is 6.50. The highest BCUT2D eigenvalue weighted by molar-refractivity contribution is 6.55. The molecule has 0 radical (unpaired) electrons. The van der Waals surface area contributed by atoms with Crippen molar-refractivity contribution in [3.05, 3.63) is 43.3 Å². The molecule has 0 spiro atoms. The maximum absolute atomic E-state index is 5.95. The lowest BCUT2D eigenvalue weighted by atomic mass is 10.1. The Morgan fingerprint density at radius 3 is 1.50 bits per heavy atom. The molecule has 1 aromatic rings. The van der Waals surface area contributed by atoms with Crippen molar-refractivity contribution in [2.45, 2.75) is 6.42 Å². The summed E-state index contributed by atoms with van der Waals surface area (Å²) in [5.41, 5.74) is 0.641. The van der Waals surface area contributed by atoms with Crippen LogP contribution in [0.4, 0.5) is 0 Å². The molecule has 0 aliphatic carbocycles. The molecule has 0 heterocycles. The van der Waals surface area contributed by atoms with E-state index in [0.29, 0.717) is 22.0 Å². The van der Waals surface area contributed by atoms with Crippen LogP contribution in [0.15, 0.2) is 12.7 Å². The molecule has 0 aromatic heterocycles. The third-order valence-corrected chi connectivity index (χ3v) is 4.00. The van der Waals surface area contributed by atoms with Gasteiger partial charge in [-0.1, -0.05) is 64.1 Å². The van der Waals surface area contributed by atoms with Crippen molar-refractivity contribution in [2.75, 3.05) is 0 Å². The first-order valence-corrected chi connectivity index (χ1v) is 5.50. The van der Waals surface area contributed by atoms with Crippen molar-refractivity contribution in [1.29, 1.82) is 0 Å². The third-order valence-electron chi connectivity index (χ3n) is 1.65. The van der Waals surface area contributed by atoms with E-state index < -0.39 is 0 Å². The molecule has 0 aliphatic heterocycles. The summed E-state index contributed by atoms with van der Waals surface area (Å²) in [6.45, 7) is 3.58. The van der Waals surface area contributed by atoms with E-state index in [-0.39, 0.29) is 15.1 Å². The molecule has 76 valence electrons. The normalized spacial score (nSPS) is 10.4. The second kappa shape index (κ2) is 4.96. The fourth-order valence-electron chi connectivity index (χ4n) is 0.974. The monoisotopic (exact) mass is 288 g/mol. The maximum atomic E-state index is 5.95. The van der Waals surface area contributed by atoms with Crippen LogP contribution >= 0.6 is 58.0 Å². The van der Waals surface area contributed by atoms with Crippen LogP contribution in [0.25, 0.3) is 0 Å². The summed E-state index contributed by atoms with van der Waals surface area (Å²) in [6.07, 6.45) is 2.15. The Kier molecular flexibility index (Phi) is 4.42. The molecule has 1 aromatic carbocycles. The number of benzene rings is 1. The number of hydrogen-bond acceptors (Lipinski definition) is 0. The molecule has 0 fully saturated rings. The topological polar surface area (TPSA) is 0 Å². The van der Waals surface area contributed by atoms with Crippen LogP contribution in [0, 0.1) is 0 Å². The molecule has 0 amide bonds. The highest BCUT2D eigenvalue weighted by atomic mass is 35.5. The molecule has 0 saturated heterocycles. The Bertz CT molecular complexity index is 354. The summed E-state index contributed by atoms with van der Waals surface area (Å²) in [7, 11) is 0. The predicted molar refractivity (Wildman–Crippen MR) is 65.4 cm³/mol. The zero-order valence-electron chi connectivity index (χ0n) is 6.88. The second-order valence-corrected chi connectivity index (χ2v) is 4.43. The van der Waals surface area contributed by atoms with Crippen LogP contribution in [0.3, 0.4) is 0 Å². The molecule has 0 atom stereocenters. The SMILES string of the molecule is C=CCc1c(Cl)c(Cl)c(Cl)c(Cl)c1Cl. The van der Waals surface area contributed by atoms with E-state index in [1.54, 1.807) is 6.08 Å². The highest BCUT2D eigenvalue weighted by Crippen LogP contribution is 2.43. The van der Waals surface area contributed by atoms with Crippen molar-refractivity contribution in [3.8, 4) is 0 Å². The Labute approximate surface area is 107 Å². The van der Waals surface area contributed by atoms with Crippen LogP contribution in [0.1, 0.15) is 5.56 Å². The molecule has 0 N–H and O–H groups in total. The lowest BCUT2D eigenvalue weighted by Gasteiger charge is -2.10. The van der Waals surface area contributed by atoms with E-state index in [9.17, 15) is 0 Å². The quantitative estimate of drug-likeness (QED) is 0.373. The minimum Gasteiger partial charge on any atom is -0.103 e. The van der Waals surface area contributed by atoms with Crippen LogP contribution < -0.4 is 0 Å². The molecular formula is C9H5Cl5. The van der Waals surface area contributed by atoms with Crippen molar-refractivity contribution in [3.63, 3.8) is 0 Å². The van der Waals surface area contributed by atoms with Crippen molar-refractivity contribution in [1.82, 2.24) is 0 Å². The Balaban J connectivity index is 3.50. The Morgan fingerprint density at radius 1 is 0.786 bits per heavy atom. The second-order valence-electron chi connectivity index (χ2n) is 2.54. The van der Waals surface area contributed by atoms with E-state index in [1.165, 1.54) is 0 Å². The minimum absolute atomic E-state index is 0.177. The summed E-state index contributed by atoms with van der Waals surface area (Å²) in [5.74, 6) is 0. The Hall–Kier alpha value is 0.410. The van der Waals surface area contributed by atoms with E-state index in [1.807, 2.05) is 0 Å². The molecule has 1 rings (SSSR count). The summed E-state index contributed by atoms with van der Waals surface area (Å²) in [6, 6.07) is 0. The summed E-state index contributed by atoms with van der Waals surface area (Å²) >= 11 is 29.4. The lowest BCUT2D eigenvalue weighted by molar-refractivity contribution is 1.28. The number of allylic oxidation sites excluding steroid dienone is 1. The van der Waals surface area contributed by atoms with Gasteiger partial charge in [-0.3, -0.25) is 0 Å².